The Kier molecular flexibility index (Phi) is 5.66. The average Bonchev–Trinajstić information content (AvgIpc) is 2.73. The number of sulfonamides is 1. The fraction of sp³-hybridized carbons (Fsp3) is 0.333. The zero-order chi connectivity index (χ0) is 21.3. The molecule has 158 valence electrons. The van der Waals surface area contributed by atoms with Crippen LogP contribution in [0, 0.1) is 0 Å². The first kappa shape index (κ1) is 20.6. The highest BCUT2D eigenvalue weighted by atomic mass is 32.2. The molecule has 0 aliphatic carbocycles. The van der Waals surface area contributed by atoms with Gasteiger partial charge in [-0.25, -0.2) is 21.5 Å². The Labute approximate surface area is 174 Å². The molecular weight excluding hydrogens is 410 g/mol. The summed E-state index contributed by atoms with van der Waals surface area (Å²) in [6.07, 6.45) is 6.21. The first-order valence-electron chi connectivity index (χ1n) is 9.64. The third-order valence-electron chi connectivity index (χ3n) is 5.38. The number of halogens is 2. The van der Waals surface area contributed by atoms with E-state index >= 15 is 0 Å². The first-order chi connectivity index (χ1) is 14.3. The van der Waals surface area contributed by atoms with Crippen LogP contribution < -0.4 is 5.32 Å². The highest BCUT2D eigenvalue weighted by Crippen LogP contribution is 2.33. The molecule has 1 aliphatic rings. The summed E-state index contributed by atoms with van der Waals surface area (Å²) >= 11 is 0. The van der Waals surface area contributed by atoms with Gasteiger partial charge in [0.15, 0.2) is 0 Å². The standard InChI is InChI=1S/C21H22F2N4O2S/c1-30(28,29)27-6-3-18(4-7-27)26-20-10-15(8-14-2-5-24-13-19(14)20)16-9-17(21(22)23)12-25-11-16/h2,5,8-13,18,21,26H,3-4,6-7H2,1H3. The van der Waals surface area contributed by atoms with Gasteiger partial charge in [-0.1, -0.05) is 0 Å². The van der Waals surface area contributed by atoms with Crippen LogP contribution in [-0.2, 0) is 10.0 Å². The second kappa shape index (κ2) is 8.23. The summed E-state index contributed by atoms with van der Waals surface area (Å²) < 4.78 is 51.2. The molecule has 1 N–H and O–H groups in total. The van der Waals surface area contributed by atoms with Crippen LogP contribution in [0.15, 0.2) is 49.1 Å². The Hall–Kier alpha value is -2.65. The number of anilines is 1. The van der Waals surface area contributed by atoms with Crippen molar-refractivity contribution in [2.24, 2.45) is 0 Å². The lowest BCUT2D eigenvalue weighted by atomic mass is 9.99. The van der Waals surface area contributed by atoms with E-state index in [1.807, 2.05) is 18.2 Å². The Morgan fingerprint density at radius 1 is 1.07 bits per heavy atom. The summed E-state index contributed by atoms with van der Waals surface area (Å²) in [4.78, 5) is 8.18. The van der Waals surface area contributed by atoms with Crippen molar-refractivity contribution >= 4 is 26.5 Å². The summed E-state index contributed by atoms with van der Waals surface area (Å²) in [6, 6.07) is 7.28. The minimum atomic E-state index is -3.18. The predicted octanol–water partition coefficient (Wildman–Crippen LogP) is 4.07. The molecule has 0 unspecified atom stereocenters. The van der Waals surface area contributed by atoms with Crippen molar-refractivity contribution in [1.29, 1.82) is 0 Å². The quantitative estimate of drug-likeness (QED) is 0.658. The van der Waals surface area contributed by atoms with Crippen molar-refractivity contribution in [2.45, 2.75) is 25.3 Å². The van der Waals surface area contributed by atoms with Crippen LogP contribution in [0.4, 0.5) is 14.5 Å². The Morgan fingerprint density at radius 3 is 2.53 bits per heavy atom. The number of piperidine rings is 1. The van der Waals surface area contributed by atoms with Gasteiger partial charge in [-0.05, 0) is 48.1 Å². The Balaban J connectivity index is 1.66. The van der Waals surface area contributed by atoms with E-state index < -0.39 is 16.4 Å². The maximum absolute atomic E-state index is 13.1. The smallest absolute Gasteiger partial charge is 0.265 e. The van der Waals surface area contributed by atoms with Crippen molar-refractivity contribution in [3.63, 3.8) is 0 Å². The van der Waals surface area contributed by atoms with Gasteiger partial charge in [0.05, 0.1) is 6.26 Å². The van der Waals surface area contributed by atoms with Crippen molar-refractivity contribution in [3.8, 4) is 11.1 Å². The maximum Gasteiger partial charge on any atom is 0.265 e. The van der Waals surface area contributed by atoms with E-state index in [4.69, 9.17) is 0 Å². The lowest BCUT2D eigenvalue weighted by Crippen LogP contribution is -2.41. The second-order valence-corrected chi connectivity index (χ2v) is 9.49. The van der Waals surface area contributed by atoms with E-state index in [0.717, 1.165) is 22.0 Å². The Morgan fingerprint density at radius 2 is 1.83 bits per heavy atom. The van der Waals surface area contributed by atoms with Gasteiger partial charge in [0.1, 0.15) is 0 Å². The number of nitrogens with one attached hydrogen (secondary N) is 1. The lowest BCUT2D eigenvalue weighted by Gasteiger charge is -2.31. The summed E-state index contributed by atoms with van der Waals surface area (Å²) in [6.45, 7) is 0.930. The third-order valence-corrected chi connectivity index (χ3v) is 6.69. The van der Waals surface area contributed by atoms with Gasteiger partial charge in [0.2, 0.25) is 10.0 Å². The molecule has 9 heteroatoms. The molecule has 0 atom stereocenters. The molecule has 1 aromatic carbocycles. The molecule has 0 bridgehead atoms. The number of pyridine rings is 2. The van der Waals surface area contributed by atoms with Gasteiger partial charge >= 0.3 is 0 Å². The molecule has 2 aromatic heterocycles. The topological polar surface area (TPSA) is 75.2 Å². The zero-order valence-electron chi connectivity index (χ0n) is 16.4. The predicted molar refractivity (Wildman–Crippen MR) is 113 cm³/mol. The van der Waals surface area contributed by atoms with Gasteiger partial charge < -0.3 is 5.32 Å². The number of alkyl halides is 2. The van der Waals surface area contributed by atoms with Crippen molar-refractivity contribution in [1.82, 2.24) is 14.3 Å². The minimum absolute atomic E-state index is 0.104. The molecule has 0 radical (unpaired) electrons. The number of aromatic nitrogens is 2. The van der Waals surface area contributed by atoms with Gasteiger partial charge in [-0.15, -0.1) is 0 Å². The van der Waals surface area contributed by atoms with Crippen LogP contribution in [-0.4, -0.2) is 48.1 Å². The fourth-order valence-corrected chi connectivity index (χ4v) is 4.65. The van der Waals surface area contributed by atoms with Crippen LogP contribution in [0.3, 0.4) is 0 Å². The molecule has 3 aromatic rings. The van der Waals surface area contributed by atoms with E-state index in [0.29, 0.717) is 31.5 Å². The van der Waals surface area contributed by atoms with Crippen LogP contribution >= 0.6 is 0 Å². The average molecular weight is 432 g/mol. The Bertz CT molecular complexity index is 1160. The normalized spacial score (nSPS) is 16.3. The highest BCUT2D eigenvalue weighted by molar-refractivity contribution is 7.88. The molecular formula is C21H22F2N4O2S. The second-order valence-electron chi connectivity index (χ2n) is 7.51. The number of hydrogen-bond donors (Lipinski definition) is 1. The van der Waals surface area contributed by atoms with E-state index in [1.54, 1.807) is 18.6 Å². The van der Waals surface area contributed by atoms with Crippen LogP contribution in [0.5, 0.6) is 0 Å². The number of nitrogens with zero attached hydrogens (tertiary/aromatic N) is 3. The molecule has 0 saturated carbocycles. The maximum atomic E-state index is 13.1. The van der Waals surface area contributed by atoms with E-state index in [-0.39, 0.29) is 11.6 Å². The van der Waals surface area contributed by atoms with Crippen LogP contribution in [0.2, 0.25) is 0 Å². The molecule has 0 amide bonds. The minimum Gasteiger partial charge on any atom is -0.382 e. The summed E-state index contributed by atoms with van der Waals surface area (Å²) in [5.74, 6) is 0. The number of hydrogen-bond acceptors (Lipinski definition) is 5. The first-order valence-corrected chi connectivity index (χ1v) is 11.5. The van der Waals surface area contributed by atoms with Gasteiger partial charge in [0, 0.05) is 66.1 Å². The monoisotopic (exact) mass is 432 g/mol. The summed E-state index contributed by atoms with van der Waals surface area (Å²) in [7, 11) is -3.18. The molecule has 3 heterocycles. The SMILES string of the molecule is CS(=O)(=O)N1CCC(Nc2cc(-c3cncc(C(F)F)c3)cc3ccncc23)CC1. The largest absolute Gasteiger partial charge is 0.382 e. The van der Waals surface area contributed by atoms with Gasteiger partial charge in [-0.3, -0.25) is 9.97 Å². The van der Waals surface area contributed by atoms with Gasteiger partial charge in [-0.2, -0.15) is 0 Å². The van der Waals surface area contributed by atoms with Crippen LogP contribution in [0.25, 0.3) is 21.9 Å². The molecule has 1 saturated heterocycles. The zero-order valence-corrected chi connectivity index (χ0v) is 17.2. The lowest BCUT2D eigenvalue weighted by molar-refractivity contribution is 0.151. The highest BCUT2D eigenvalue weighted by Gasteiger charge is 2.25. The van der Waals surface area contributed by atoms with Crippen molar-refractivity contribution < 1.29 is 17.2 Å². The number of fused-ring (bicyclic) bond motifs is 1. The third kappa shape index (κ3) is 4.41. The van der Waals surface area contributed by atoms with Crippen molar-refractivity contribution in [3.05, 3.63) is 54.6 Å². The van der Waals surface area contributed by atoms with Crippen molar-refractivity contribution in [2.75, 3.05) is 24.7 Å². The number of rotatable bonds is 5. The van der Waals surface area contributed by atoms with E-state index in [2.05, 4.69) is 15.3 Å². The number of benzene rings is 1. The summed E-state index contributed by atoms with van der Waals surface area (Å²) in [5.41, 5.74) is 2.11. The van der Waals surface area contributed by atoms with Crippen LogP contribution in [0.1, 0.15) is 24.8 Å². The molecule has 1 fully saturated rings. The molecule has 30 heavy (non-hydrogen) atoms. The molecule has 6 nitrogen and oxygen atoms in total. The van der Waals surface area contributed by atoms with Gasteiger partial charge in [0.25, 0.3) is 6.43 Å². The van der Waals surface area contributed by atoms with E-state index in [9.17, 15) is 17.2 Å². The summed E-state index contributed by atoms with van der Waals surface area (Å²) in [5, 5.41) is 5.37. The fourth-order valence-electron chi connectivity index (χ4n) is 3.77. The molecule has 4 rings (SSSR count). The molecule has 1 aliphatic heterocycles. The van der Waals surface area contributed by atoms with E-state index in [1.165, 1.54) is 22.8 Å². The molecule has 0 spiro atoms.